The number of fused-ring (bicyclic) bond motifs is 1. The molecule has 0 aliphatic carbocycles. The summed E-state index contributed by atoms with van der Waals surface area (Å²) in [6.07, 6.45) is 2.97. The molecule has 6 nitrogen and oxygen atoms in total. The molecule has 0 radical (unpaired) electrons. The number of hydrogen-bond donors (Lipinski definition) is 0. The molecule has 3 aromatic rings. The number of methoxy groups -OCH3 is 2. The monoisotopic (exact) mass is 392 g/mol. The van der Waals surface area contributed by atoms with E-state index in [4.69, 9.17) is 14.5 Å². The summed E-state index contributed by atoms with van der Waals surface area (Å²) in [6, 6.07) is 12.3. The molecule has 29 heavy (non-hydrogen) atoms. The number of rotatable bonds is 5. The van der Waals surface area contributed by atoms with E-state index in [1.54, 1.807) is 14.2 Å². The zero-order valence-electron chi connectivity index (χ0n) is 17.4. The normalized spacial score (nSPS) is 15.3. The molecule has 0 amide bonds. The lowest BCUT2D eigenvalue weighted by Crippen LogP contribution is -2.31. The lowest BCUT2D eigenvalue weighted by molar-refractivity contribution is 0.282. The zero-order chi connectivity index (χ0) is 20.2. The van der Waals surface area contributed by atoms with Crippen molar-refractivity contribution in [1.82, 2.24) is 14.9 Å². The Labute approximate surface area is 172 Å². The van der Waals surface area contributed by atoms with E-state index in [0.717, 1.165) is 67.3 Å². The minimum Gasteiger partial charge on any atom is -0.493 e. The Bertz CT molecular complexity index is 978. The van der Waals surface area contributed by atoms with Crippen LogP contribution in [0.15, 0.2) is 42.6 Å². The molecular formula is C23H28N4O2. The molecule has 0 unspecified atom stereocenters. The van der Waals surface area contributed by atoms with Gasteiger partial charge in [0.05, 0.1) is 25.4 Å². The van der Waals surface area contributed by atoms with Crippen molar-refractivity contribution in [3.05, 3.63) is 53.9 Å². The second-order valence-corrected chi connectivity index (χ2v) is 7.46. The first-order valence-electron chi connectivity index (χ1n) is 10.1. The van der Waals surface area contributed by atoms with Gasteiger partial charge in [0.1, 0.15) is 5.82 Å². The van der Waals surface area contributed by atoms with Crippen molar-refractivity contribution in [1.29, 1.82) is 0 Å². The molecule has 2 aromatic heterocycles. The number of pyridine rings is 2. The summed E-state index contributed by atoms with van der Waals surface area (Å²) in [7, 11) is 3.32. The van der Waals surface area contributed by atoms with Crippen molar-refractivity contribution in [3.8, 4) is 11.5 Å². The van der Waals surface area contributed by atoms with Gasteiger partial charge in [0.25, 0.3) is 0 Å². The lowest BCUT2D eigenvalue weighted by Gasteiger charge is -2.23. The standard InChI is InChI=1S/C23H28N4O2/c1-17-13-23(25-20-15-22(29-3)21(28-2)14-19(17)20)27-10-6-9-26(11-12-27)16-18-7-4-5-8-24-18/h4-5,7-8,13-15H,6,9-12,16H2,1-3H3. The SMILES string of the molecule is COc1cc2nc(N3CCCN(Cc4ccccn4)CC3)cc(C)c2cc1OC. The van der Waals surface area contributed by atoms with E-state index in [0.29, 0.717) is 5.75 Å². The Balaban J connectivity index is 1.54. The Hall–Kier alpha value is -2.86. The fourth-order valence-electron chi connectivity index (χ4n) is 3.94. The first-order chi connectivity index (χ1) is 14.2. The molecule has 0 bridgehead atoms. The molecule has 0 spiro atoms. The summed E-state index contributed by atoms with van der Waals surface area (Å²) >= 11 is 0. The highest BCUT2D eigenvalue weighted by molar-refractivity contribution is 5.87. The third kappa shape index (κ3) is 4.27. The minimum absolute atomic E-state index is 0.710. The number of aromatic nitrogens is 2. The molecule has 152 valence electrons. The molecule has 6 heteroatoms. The molecule has 3 heterocycles. The maximum atomic E-state index is 5.47. The van der Waals surface area contributed by atoms with Crippen molar-refractivity contribution in [2.24, 2.45) is 0 Å². The summed E-state index contributed by atoms with van der Waals surface area (Å²) in [6.45, 7) is 7.06. The van der Waals surface area contributed by atoms with Crippen LogP contribution in [-0.2, 0) is 6.54 Å². The molecule has 0 N–H and O–H groups in total. The van der Waals surface area contributed by atoms with Crippen molar-refractivity contribution in [2.45, 2.75) is 19.9 Å². The zero-order valence-corrected chi connectivity index (χ0v) is 17.4. The van der Waals surface area contributed by atoms with E-state index in [2.05, 4.69) is 39.9 Å². The molecule has 1 saturated heterocycles. The van der Waals surface area contributed by atoms with Gasteiger partial charge < -0.3 is 14.4 Å². The van der Waals surface area contributed by atoms with E-state index >= 15 is 0 Å². The fraction of sp³-hybridized carbons (Fsp3) is 0.391. The molecule has 4 rings (SSSR count). The average molecular weight is 393 g/mol. The molecule has 1 fully saturated rings. The lowest BCUT2D eigenvalue weighted by atomic mass is 10.1. The van der Waals surface area contributed by atoms with Gasteiger partial charge in [-0.2, -0.15) is 0 Å². The highest BCUT2D eigenvalue weighted by Gasteiger charge is 2.18. The summed E-state index contributed by atoms with van der Waals surface area (Å²) in [4.78, 5) is 14.3. The van der Waals surface area contributed by atoms with Crippen molar-refractivity contribution in [2.75, 3.05) is 45.3 Å². The van der Waals surface area contributed by atoms with Crippen molar-refractivity contribution < 1.29 is 9.47 Å². The van der Waals surface area contributed by atoms with Gasteiger partial charge in [-0.1, -0.05) is 6.07 Å². The molecular weight excluding hydrogens is 364 g/mol. The van der Waals surface area contributed by atoms with Crippen LogP contribution in [-0.4, -0.2) is 55.3 Å². The smallest absolute Gasteiger partial charge is 0.162 e. The number of aryl methyl sites for hydroxylation is 1. The highest BCUT2D eigenvalue weighted by Crippen LogP contribution is 2.34. The van der Waals surface area contributed by atoms with Crippen LogP contribution in [0.4, 0.5) is 5.82 Å². The number of anilines is 1. The Morgan fingerprint density at radius 3 is 2.55 bits per heavy atom. The van der Waals surface area contributed by atoms with E-state index in [1.807, 2.05) is 24.4 Å². The van der Waals surface area contributed by atoms with Crippen molar-refractivity contribution >= 4 is 16.7 Å². The average Bonchev–Trinajstić information content (AvgIpc) is 2.99. The van der Waals surface area contributed by atoms with Crippen LogP contribution >= 0.6 is 0 Å². The van der Waals surface area contributed by atoms with Gasteiger partial charge in [-0.05, 0) is 43.2 Å². The minimum atomic E-state index is 0.710. The summed E-state index contributed by atoms with van der Waals surface area (Å²) in [5, 5.41) is 1.10. The van der Waals surface area contributed by atoms with Crippen LogP contribution in [0.5, 0.6) is 11.5 Å². The number of ether oxygens (including phenoxy) is 2. The summed E-state index contributed by atoms with van der Waals surface area (Å²) in [5.74, 6) is 2.47. The van der Waals surface area contributed by atoms with E-state index < -0.39 is 0 Å². The predicted octanol–water partition coefficient (Wildman–Crippen LogP) is 3.67. The van der Waals surface area contributed by atoms with E-state index in [1.165, 1.54) is 5.56 Å². The van der Waals surface area contributed by atoms with E-state index in [9.17, 15) is 0 Å². The topological polar surface area (TPSA) is 50.7 Å². The summed E-state index contributed by atoms with van der Waals surface area (Å²) < 4.78 is 10.9. The maximum Gasteiger partial charge on any atom is 0.162 e. The van der Waals surface area contributed by atoms with Gasteiger partial charge in [0, 0.05) is 50.4 Å². The highest BCUT2D eigenvalue weighted by atomic mass is 16.5. The quantitative estimate of drug-likeness (QED) is 0.660. The van der Waals surface area contributed by atoms with Crippen molar-refractivity contribution in [3.63, 3.8) is 0 Å². The van der Waals surface area contributed by atoms with Gasteiger partial charge in [0.15, 0.2) is 11.5 Å². The van der Waals surface area contributed by atoms with Crippen LogP contribution in [0.3, 0.4) is 0 Å². The molecule has 1 aromatic carbocycles. The number of benzene rings is 1. The van der Waals surface area contributed by atoms with Crippen LogP contribution in [0.2, 0.25) is 0 Å². The molecule has 1 aliphatic heterocycles. The van der Waals surface area contributed by atoms with E-state index in [-0.39, 0.29) is 0 Å². The Kier molecular flexibility index (Phi) is 5.81. The van der Waals surface area contributed by atoms with Gasteiger partial charge in [-0.25, -0.2) is 4.98 Å². The second kappa shape index (κ2) is 8.66. The molecule has 1 aliphatic rings. The number of nitrogens with zero attached hydrogens (tertiary/aromatic N) is 4. The van der Waals surface area contributed by atoms with Crippen LogP contribution in [0, 0.1) is 6.92 Å². The van der Waals surface area contributed by atoms with Gasteiger partial charge in [-0.15, -0.1) is 0 Å². The first-order valence-corrected chi connectivity index (χ1v) is 10.1. The molecule has 0 saturated carbocycles. The van der Waals surface area contributed by atoms with Gasteiger partial charge >= 0.3 is 0 Å². The second-order valence-electron chi connectivity index (χ2n) is 7.46. The van der Waals surface area contributed by atoms with Crippen LogP contribution in [0.1, 0.15) is 17.7 Å². The predicted molar refractivity (Wildman–Crippen MR) is 116 cm³/mol. The first kappa shape index (κ1) is 19.5. The number of hydrogen-bond acceptors (Lipinski definition) is 6. The van der Waals surface area contributed by atoms with Crippen LogP contribution in [0.25, 0.3) is 10.9 Å². The fourth-order valence-corrected chi connectivity index (χ4v) is 3.94. The Morgan fingerprint density at radius 2 is 1.79 bits per heavy atom. The molecule has 0 atom stereocenters. The Morgan fingerprint density at radius 1 is 0.966 bits per heavy atom. The van der Waals surface area contributed by atoms with Gasteiger partial charge in [-0.3, -0.25) is 9.88 Å². The third-order valence-electron chi connectivity index (χ3n) is 5.53. The summed E-state index contributed by atoms with van der Waals surface area (Å²) in [5.41, 5.74) is 3.26. The van der Waals surface area contributed by atoms with Gasteiger partial charge in [0.2, 0.25) is 0 Å². The maximum absolute atomic E-state index is 5.47. The largest absolute Gasteiger partial charge is 0.493 e. The third-order valence-corrected chi connectivity index (χ3v) is 5.53. The van der Waals surface area contributed by atoms with Crippen LogP contribution < -0.4 is 14.4 Å².